The predicted molar refractivity (Wildman–Crippen MR) is 64.7 cm³/mol. The fourth-order valence-electron chi connectivity index (χ4n) is 1.37. The van der Waals surface area contributed by atoms with Crippen molar-refractivity contribution >= 4 is 12.0 Å². The van der Waals surface area contributed by atoms with Crippen molar-refractivity contribution in [3.8, 4) is 5.75 Å². The molecule has 17 heavy (non-hydrogen) atoms. The minimum atomic E-state index is -1.00. The van der Waals surface area contributed by atoms with Crippen molar-refractivity contribution in [2.45, 2.75) is 20.0 Å². The second-order valence-corrected chi connectivity index (χ2v) is 3.61. The number of rotatable bonds is 6. The second kappa shape index (κ2) is 6.70. The van der Waals surface area contributed by atoms with Crippen molar-refractivity contribution in [3.63, 3.8) is 0 Å². The van der Waals surface area contributed by atoms with Crippen molar-refractivity contribution in [2.75, 3.05) is 6.61 Å². The molecule has 0 aliphatic rings. The van der Waals surface area contributed by atoms with Crippen LogP contribution in [-0.4, -0.2) is 22.8 Å². The minimum absolute atomic E-state index is 0.146. The lowest BCUT2D eigenvalue weighted by Crippen LogP contribution is -1.97. The molecule has 0 heterocycles. The van der Waals surface area contributed by atoms with Crippen LogP contribution in [0, 0.1) is 0 Å². The van der Waals surface area contributed by atoms with Crippen LogP contribution in [0.1, 0.15) is 24.5 Å². The van der Waals surface area contributed by atoms with E-state index in [9.17, 15) is 9.90 Å². The van der Waals surface area contributed by atoms with Crippen molar-refractivity contribution < 1.29 is 19.7 Å². The predicted octanol–water partition coefficient (Wildman–Crippen LogP) is 2.42. The van der Waals surface area contributed by atoms with E-state index in [1.54, 1.807) is 12.1 Å². The number of aliphatic carboxylic acids is 1. The molecule has 0 saturated carbocycles. The van der Waals surface area contributed by atoms with Gasteiger partial charge in [0.15, 0.2) is 0 Å². The lowest BCUT2D eigenvalue weighted by atomic mass is 10.1. The van der Waals surface area contributed by atoms with Crippen LogP contribution in [0.2, 0.25) is 0 Å². The molecular weight excluding hydrogens is 220 g/mol. The third-order valence-corrected chi connectivity index (χ3v) is 2.14. The highest BCUT2D eigenvalue weighted by atomic mass is 16.5. The Hall–Kier alpha value is -1.81. The number of phenolic OH excluding ortho intramolecular Hbond substituents is 1. The van der Waals surface area contributed by atoms with E-state index in [0.717, 1.165) is 23.6 Å². The zero-order valence-electron chi connectivity index (χ0n) is 9.72. The molecule has 0 atom stereocenters. The molecule has 0 aliphatic heterocycles. The number of hydrogen-bond acceptors (Lipinski definition) is 3. The van der Waals surface area contributed by atoms with Crippen LogP contribution in [0.5, 0.6) is 5.75 Å². The van der Waals surface area contributed by atoms with Crippen LogP contribution in [0.15, 0.2) is 24.3 Å². The van der Waals surface area contributed by atoms with Crippen LogP contribution in [0.3, 0.4) is 0 Å². The molecule has 0 bridgehead atoms. The largest absolute Gasteiger partial charge is 0.508 e. The Bertz CT molecular complexity index is 410. The van der Waals surface area contributed by atoms with Crippen molar-refractivity contribution in [3.05, 3.63) is 35.4 Å². The molecule has 1 aromatic rings. The van der Waals surface area contributed by atoms with Gasteiger partial charge < -0.3 is 14.9 Å². The highest BCUT2D eigenvalue weighted by Gasteiger charge is 2.02. The van der Waals surface area contributed by atoms with E-state index in [0.29, 0.717) is 13.2 Å². The van der Waals surface area contributed by atoms with Crippen molar-refractivity contribution in [1.29, 1.82) is 0 Å². The first kappa shape index (κ1) is 13.3. The van der Waals surface area contributed by atoms with Crippen LogP contribution in [0.4, 0.5) is 0 Å². The molecule has 0 unspecified atom stereocenters. The topological polar surface area (TPSA) is 66.8 Å². The normalized spacial score (nSPS) is 10.9. The van der Waals surface area contributed by atoms with Crippen LogP contribution >= 0.6 is 0 Å². The van der Waals surface area contributed by atoms with Gasteiger partial charge in [0.05, 0.1) is 6.61 Å². The Labute approximate surface area is 100 Å². The van der Waals surface area contributed by atoms with Gasteiger partial charge in [-0.25, -0.2) is 4.79 Å². The van der Waals surface area contributed by atoms with E-state index in [1.807, 2.05) is 6.92 Å². The van der Waals surface area contributed by atoms with Gasteiger partial charge in [-0.1, -0.05) is 13.0 Å². The Kier molecular flexibility index (Phi) is 5.23. The molecule has 2 N–H and O–H groups in total. The molecule has 0 saturated heterocycles. The van der Waals surface area contributed by atoms with Crippen molar-refractivity contribution in [1.82, 2.24) is 0 Å². The average Bonchev–Trinajstić information content (AvgIpc) is 2.28. The maximum atomic E-state index is 10.4. The Morgan fingerprint density at radius 3 is 2.88 bits per heavy atom. The second-order valence-electron chi connectivity index (χ2n) is 3.61. The first-order valence-corrected chi connectivity index (χ1v) is 5.44. The lowest BCUT2D eigenvalue weighted by molar-refractivity contribution is -0.131. The minimum Gasteiger partial charge on any atom is -0.508 e. The van der Waals surface area contributed by atoms with Gasteiger partial charge in [0.2, 0.25) is 0 Å². The number of carbonyl (C=O) groups is 1. The van der Waals surface area contributed by atoms with Gasteiger partial charge in [0, 0.05) is 12.7 Å². The van der Waals surface area contributed by atoms with Crippen LogP contribution < -0.4 is 0 Å². The number of ether oxygens (including phenoxy) is 1. The number of carboxylic acid groups (broad SMARTS) is 1. The number of aromatic hydroxyl groups is 1. The molecular formula is C13H16O4. The average molecular weight is 236 g/mol. The summed E-state index contributed by atoms with van der Waals surface area (Å²) in [6.45, 7) is 3.01. The number of benzene rings is 1. The third kappa shape index (κ3) is 4.70. The van der Waals surface area contributed by atoms with Crippen LogP contribution in [0.25, 0.3) is 6.08 Å². The lowest BCUT2D eigenvalue weighted by Gasteiger charge is -2.07. The molecule has 4 nitrogen and oxygen atoms in total. The smallest absolute Gasteiger partial charge is 0.328 e. The quantitative estimate of drug-likeness (QED) is 0.588. The van der Waals surface area contributed by atoms with E-state index in [2.05, 4.69) is 0 Å². The molecule has 0 aliphatic carbocycles. The molecule has 0 fully saturated rings. The summed E-state index contributed by atoms with van der Waals surface area (Å²) >= 11 is 0. The summed E-state index contributed by atoms with van der Waals surface area (Å²) in [7, 11) is 0. The van der Waals surface area contributed by atoms with E-state index in [-0.39, 0.29) is 5.75 Å². The Morgan fingerprint density at radius 2 is 2.24 bits per heavy atom. The van der Waals surface area contributed by atoms with E-state index < -0.39 is 5.97 Å². The van der Waals surface area contributed by atoms with Gasteiger partial charge in [-0.15, -0.1) is 0 Å². The zero-order valence-corrected chi connectivity index (χ0v) is 9.72. The molecule has 1 rings (SSSR count). The summed E-state index contributed by atoms with van der Waals surface area (Å²) in [5, 5.41) is 17.9. The van der Waals surface area contributed by atoms with Gasteiger partial charge in [-0.3, -0.25) is 0 Å². The summed E-state index contributed by atoms with van der Waals surface area (Å²) in [6, 6.07) is 4.77. The van der Waals surface area contributed by atoms with Gasteiger partial charge in [-0.05, 0) is 35.8 Å². The Morgan fingerprint density at radius 1 is 1.47 bits per heavy atom. The molecule has 0 amide bonds. The number of carboxylic acids is 1. The summed E-state index contributed by atoms with van der Waals surface area (Å²) < 4.78 is 5.38. The summed E-state index contributed by atoms with van der Waals surface area (Å²) in [4.78, 5) is 10.4. The summed E-state index contributed by atoms with van der Waals surface area (Å²) in [5.41, 5.74) is 1.51. The fourth-order valence-corrected chi connectivity index (χ4v) is 1.37. The molecule has 92 valence electrons. The van der Waals surface area contributed by atoms with Gasteiger partial charge in [0.25, 0.3) is 0 Å². The number of phenols is 1. The van der Waals surface area contributed by atoms with E-state index in [4.69, 9.17) is 9.84 Å². The van der Waals surface area contributed by atoms with Gasteiger partial charge >= 0.3 is 5.97 Å². The highest BCUT2D eigenvalue weighted by Crippen LogP contribution is 2.19. The van der Waals surface area contributed by atoms with Gasteiger partial charge in [0.1, 0.15) is 5.75 Å². The fraction of sp³-hybridized carbons (Fsp3) is 0.308. The third-order valence-electron chi connectivity index (χ3n) is 2.14. The maximum absolute atomic E-state index is 10.4. The SMILES string of the molecule is CCCOCc1cc(O)ccc1/C=C/C(=O)O. The molecule has 1 aromatic carbocycles. The Balaban J connectivity index is 2.83. The van der Waals surface area contributed by atoms with Crippen LogP contribution in [-0.2, 0) is 16.1 Å². The van der Waals surface area contributed by atoms with E-state index in [1.165, 1.54) is 12.1 Å². The monoisotopic (exact) mass is 236 g/mol. The zero-order chi connectivity index (χ0) is 12.7. The number of hydrogen-bond donors (Lipinski definition) is 2. The molecule has 0 aromatic heterocycles. The molecule has 0 radical (unpaired) electrons. The highest BCUT2D eigenvalue weighted by molar-refractivity contribution is 5.85. The van der Waals surface area contributed by atoms with Crippen molar-refractivity contribution in [2.24, 2.45) is 0 Å². The molecule has 4 heteroatoms. The first-order valence-electron chi connectivity index (χ1n) is 5.44. The van der Waals surface area contributed by atoms with Gasteiger partial charge in [-0.2, -0.15) is 0 Å². The summed E-state index contributed by atoms with van der Waals surface area (Å²) in [6.07, 6.45) is 3.47. The first-order chi connectivity index (χ1) is 8.13. The maximum Gasteiger partial charge on any atom is 0.328 e. The standard InChI is InChI=1S/C13H16O4/c1-2-7-17-9-11-8-12(14)5-3-10(11)4-6-13(15)16/h3-6,8,14H,2,7,9H2,1H3,(H,15,16)/b6-4+. The van der Waals surface area contributed by atoms with E-state index >= 15 is 0 Å². The summed E-state index contributed by atoms with van der Waals surface area (Å²) in [5.74, 6) is -0.855. The molecule has 0 spiro atoms.